The van der Waals surface area contributed by atoms with Crippen molar-refractivity contribution in [3.8, 4) is 0 Å². The monoisotopic (exact) mass is 499 g/mol. The molecule has 6 heteroatoms. The molecule has 1 N–H and O–H groups in total. The number of aryl methyl sites for hydroxylation is 1. The highest BCUT2D eigenvalue weighted by Crippen LogP contribution is 2.40. The van der Waals surface area contributed by atoms with Crippen LogP contribution in [0.25, 0.3) is 5.76 Å². The number of ketones is 1. The lowest BCUT2D eigenvalue weighted by Crippen LogP contribution is -2.33. The van der Waals surface area contributed by atoms with Gasteiger partial charge in [0.25, 0.3) is 11.7 Å². The van der Waals surface area contributed by atoms with Gasteiger partial charge in [0, 0.05) is 16.6 Å². The van der Waals surface area contributed by atoms with E-state index in [0.717, 1.165) is 21.2 Å². The smallest absolute Gasteiger partial charge is 0.295 e. The van der Waals surface area contributed by atoms with Gasteiger partial charge < -0.3 is 14.7 Å². The zero-order valence-electron chi connectivity index (χ0n) is 19.2. The van der Waals surface area contributed by atoms with Gasteiger partial charge in [0.1, 0.15) is 5.76 Å². The van der Waals surface area contributed by atoms with Crippen molar-refractivity contribution in [2.75, 3.05) is 13.2 Å². The van der Waals surface area contributed by atoms with E-state index in [9.17, 15) is 14.7 Å². The molecule has 0 aromatic heterocycles. The summed E-state index contributed by atoms with van der Waals surface area (Å²) in [4.78, 5) is 27.6. The summed E-state index contributed by atoms with van der Waals surface area (Å²) in [6.07, 6.45) is 0.0151. The number of Topliss-reactive ketones (excluding diaryl/α,β-unsaturated/α-hetero) is 1. The van der Waals surface area contributed by atoms with Gasteiger partial charge in [-0.25, -0.2) is 0 Å². The Morgan fingerprint density at radius 3 is 2.31 bits per heavy atom. The van der Waals surface area contributed by atoms with Gasteiger partial charge in [0.15, 0.2) is 0 Å². The molecule has 0 bridgehead atoms. The lowest BCUT2D eigenvalue weighted by molar-refractivity contribution is -0.140. The second-order valence-corrected chi connectivity index (χ2v) is 9.55. The fourth-order valence-corrected chi connectivity index (χ4v) is 4.10. The van der Waals surface area contributed by atoms with Crippen LogP contribution in [0.5, 0.6) is 0 Å². The number of aliphatic hydroxyl groups is 1. The summed E-state index contributed by atoms with van der Waals surface area (Å²) < 4.78 is 6.55. The maximum Gasteiger partial charge on any atom is 0.295 e. The van der Waals surface area contributed by atoms with Crippen LogP contribution in [-0.2, 0) is 14.3 Å². The Morgan fingerprint density at radius 2 is 1.75 bits per heavy atom. The number of amides is 1. The number of benzene rings is 2. The van der Waals surface area contributed by atoms with Crippen LogP contribution in [0.1, 0.15) is 61.9 Å². The first-order valence-corrected chi connectivity index (χ1v) is 11.7. The lowest BCUT2D eigenvalue weighted by atomic mass is 9.93. The van der Waals surface area contributed by atoms with E-state index in [2.05, 4.69) is 29.8 Å². The molecule has 0 saturated carbocycles. The molecule has 1 aliphatic rings. The predicted molar refractivity (Wildman–Crippen MR) is 130 cm³/mol. The number of aliphatic hydroxyl groups excluding tert-OH is 1. The molecule has 1 fully saturated rings. The van der Waals surface area contributed by atoms with Crippen LogP contribution in [0.2, 0.25) is 0 Å². The molecule has 0 aliphatic carbocycles. The Hall–Kier alpha value is -2.44. The third-order valence-electron chi connectivity index (χ3n) is 5.67. The largest absolute Gasteiger partial charge is 0.507 e. The van der Waals surface area contributed by atoms with Gasteiger partial charge in [0.05, 0.1) is 24.3 Å². The van der Waals surface area contributed by atoms with E-state index in [-0.39, 0.29) is 24.0 Å². The fraction of sp³-hybridized carbons (Fsp3) is 0.385. The minimum atomic E-state index is -0.675. The SMILES string of the molecule is Cc1cc(/C(O)=C2/C(=O)C(=O)N(CCOC(C)C)C2c2ccc(C(C)C)cc2)ccc1Br. The average molecular weight is 500 g/mol. The van der Waals surface area contributed by atoms with Gasteiger partial charge in [-0.2, -0.15) is 0 Å². The van der Waals surface area contributed by atoms with Crippen molar-refractivity contribution < 1.29 is 19.4 Å². The van der Waals surface area contributed by atoms with Crippen molar-refractivity contribution >= 4 is 33.4 Å². The highest BCUT2D eigenvalue weighted by atomic mass is 79.9. The second kappa shape index (κ2) is 10.0. The minimum absolute atomic E-state index is 0.0151. The number of hydrogen-bond acceptors (Lipinski definition) is 4. The molecule has 2 aromatic carbocycles. The first-order valence-electron chi connectivity index (χ1n) is 10.9. The zero-order valence-corrected chi connectivity index (χ0v) is 20.8. The molecular weight excluding hydrogens is 470 g/mol. The van der Waals surface area contributed by atoms with E-state index in [4.69, 9.17) is 4.74 Å². The van der Waals surface area contributed by atoms with Crippen LogP contribution in [-0.4, -0.2) is 41.0 Å². The summed E-state index contributed by atoms with van der Waals surface area (Å²) in [7, 11) is 0. The van der Waals surface area contributed by atoms with E-state index in [0.29, 0.717) is 18.1 Å². The second-order valence-electron chi connectivity index (χ2n) is 8.70. The number of nitrogens with zero attached hydrogens (tertiary/aromatic N) is 1. The number of carbonyl (C=O) groups is 2. The first-order chi connectivity index (χ1) is 15.1. The van der Waals surface area contributed by atoms with Gasteiger partial charge in [0.2, 0.25) is 0 Å². The Bertz CT molecular complexity index is 1040. The van der Waals surface area contributed by atoms with E-state index < -0.39 is 17.7 Å². The van der Waals surface area contributed by atoms with Gasteiger partial charge >= 0.3 is 0 Å². The van der Waals surface area contributed by atoms with Crippen LogP contribution >= 0.6 is 15.9 Å². The van der Waals surface area contributed by atoms with E-state index in [1.807, 2.05) is 51.1 Å². The van der Waals surface area contributed by atoms with Crippen molar-refractivity contribution in [2.45, 2.75) is 52.7 Å². The Labute approximate surface area is 198 Å². The number of rotatable bonds is 7. The molecule has 3 rings (SSSR count). The number of halogens is 1. The van der Waals surface area contributed by atoms with Crippen LogP contribution in [0.15, 0.2) is 52.5 Å². The summed E-state index contributed by atoms with van der Waals surface area (Å²) in [5, 5.41) is 11.2. The molecule has 170 valence electrons. The van der Waals surface area contributed by atoms with Gasteiger partial charge in [-0.3, -0.25) is 9.59 Å². The van der Waals surface area contributed by atoms with Crippen LogP contribution in [0.4, 0.5) is 0 Å². The molecular formula is C26H30BrNO4. The van der Waals surface area contributed by atoms with Crippen molar-refractivity contribution in [3.05, 3.63) is 74.8 Å². The third-order valence-corrected chi connectivity index (χ3v) is 6.56. The Kier molecular flexibility index (Phi) is 7.57. The van der Waals surface area contributed by atoms with Crippen molar-refractivity contribution in [2.24, 2.45) is 0 Å². The van der Waals surface area contributed by atoms with Gasteiger partial charge in [-0.15, -0.1) is 0 Å². The van der Waals surface area contributed by atoms with Crippen LogP contribution in [0, 0.1) is 6.92 Å². The zero-order chi connectivity index (χ0) is 23.6. The normalized spacial score (nSPS) is 18.2. The van der Waals surface area contributed by atoms with Gasteiger partial charge in [-0.1, -0.05) is 60.1 Å². The summed E-state index contributed by atoms with van der Waals surface area (Å²) in [5.41, 5.74) is 3.49. The average Bonchev–Trinajstić information content (AvgIpc) is 3.00. The van der Waals surface area contributed by atoms with Crippen molar-refractivity contribution in [1.29, 1.82) is 0 Å². The number of hydrogen-bond donors (Lipinski definition) is 1. The summed E-state index contributed by atoms with van der Waals surface area (Å²) in [5.74, 6) is -1.10. The molecule has 1 unspecified atom stereocenters. The summed E-state index contributed by atoms with van der Waals surface area (Å²) in [6.45, 7) is 10.5. The van der Waals surface area contributed by atoms with E-state index in [1.54, 1.807) is 12.1 Å². The minimum Gasteiger partial charge on any atom is -0.507 e. The van der Waals surface area contributed by atoms with E-state index >= 15 is 0 Å². The summed E-state index contributed by atoms with van der Waals surface area (Å²) in [6, 6.07) is 12.6. The number of ether oxygens (including phenoxy) is 1. The van der Waals surface area contributed by atoms with Crippen LogP contribution < -0.4 is 0 Å². The molecule has 0 spiro atoms. The number of likely N-dealkylation sites (tertiary alicyclic amines) is 1. The maximum absolute atomic E-state index is 13.1. The standard InChI is InChI=1S/C26H30BrNO4/c1-15(2)18-6-8-19(9-7-18)23-22(24(29)20-10-11-21(27)17(5)14-20)25(30)26(31)28(23)12-13-32-16(3)4/h6-11,14-16,23,29H,12-13H2,1-5H3/b24-22-. The molecule has 5 nitrogen and oxygen atoms in total. The fourth-order valence-electron chi connectivity index (χ4n) is 3.85. The maximum atomic E-state index is 13.1. The Balaban J connectivity index is 2.10. The molecule has 32 heavy (non-hydrogen) atoms. The first kappa shape index (κ1) is 24.2. The van der Waals surface area contributed by atoms with Crippen molar-refractivity contribution in [1.82, 2.24) is 4.90 Å². The third kappa shape index (κ3) is 4.97. The van der Waals surface area contributed by atoms with Crippen LogP contribution in [0.3, 0.4) is 0 Å². The predicted octanol–water partition coefficient (Wildman–Crippen LogP) is 5.73. The molecule has 1 amide bonds. The van der Waals surface area contributed by atoms with Crippen molar-refractivity contribution in [3.63, 3.8) is 0 Å². The Morgan fingerprint density at radius 1 is 1.09 bits per heavy atom. The van der Waals surface area contributed by atoms with Gasteiger partial charge in [-0.05, 0) is 55.5 Å². The lowest BCUT2D eigenvalue weighted by Gasteiger charge is -2.26. The molecule has 1 heterocycles. The quantitative estimate of drug-likeness (QED) is 0.300. The molecule has 0 radical (unpaired) electrons. The topological polar surface area (TPSA) is 66.8 Å². The molecule has 2 aromatic rings. The molecule has 1 atom stereocenters. The summed E-state index contributed by atoms with van der Waals surface area (Å²) >= 11 is 3.46. The number of carbonyl (C=O) groups excluding carboxylic acids is 2. The highest BCUT2D eigenvalue weighted by molar-refractivity contribution is 9.10. The molecule has 1 aliphatic heterocycles. The highest BCUT2D eigenvalue weighted by Gasteiger charge is 2.45. The molecule has 1 saturated heterocycles. The van der Waals surface area contributed by atoms with E-state index in [1.165, 1.54) is 4.90 Å².